The van der Waals surface area contributed by atoms with Crippen LogP contribution in [0.3, 0.4) is 0 Å². The first-order valence-electron chi connectivity index (χ1n) is 9.57. The van der Waals surface area contributed by atoms with Gasteiger partial charge in [-0.1, -0.05) is 59.7 Å². The number of hydrogen-bond donors (Lipinski definition) is 2. The maximum atomic E-state index is 13.2. The van der Waals surface area contributed by atoms with Crippen LogP contribution in [0.5, 0.6) is 11.5 Å². The SMILES string of the molecule is Cc1ccc(C(=O)c2c(O)ccc3c(C(=O)c4ccc(C)cc4)c(O)ccc23)cc1. The van der Waals surface area contributed by atoms with Crippen molar-refractivity contribution >= 4 is 22.3 Å². The second-order valence-corrected chi connectivity index (χ2v) is 7.40. The minimum Gasteiger partial charge on any atom is -0.507 e. The van der Waals surface area contributed by atoms with Gasteiger partial charge in [0, 0.05) is 11.1 Å². The minimum absolute atomic E-state index is 0.106. The van der Waals surface area contributed by atoms with Gasteiger partial charge in [0.2, 0.25) is 0 Å². The molecule has 4 aromatic rings. The van der Waals surface area contributed by atoms with Crippen molar-refractivity contribution in [3.05, 3.63) is 106 Å². The van der Waals surface area contributed by atoms with Gasteiger partial charge in [-0.3, -0.25) is 9.59 Å². The van der Waals surface area contributed by atoms with Crippen LogP contribution in [0.1, 0.15) is 43.0 Å². The summed E-state index contributed by atoms with van der Waals surface area (Å²) in [6.45, 7) is 3.85. The fraction of sp³-hybridized carbons (Fsp3) is 0.0769. The summed E-state index contributed by atoms with van der Waals surface area (Å²) < 4.78 is 0. The van der Waals surface area contributed by atoms with Crippen molar-refractivity contribution in [2.75, 3.05) is 0 Å². The molecule has 0 aliphatic carbocycles. The number of carbonyl (C=O) groups excluding carboxylic acids is 2. The summed E-state index contributed by atoms with van der Waals surface area (Å²) in [5, 5.41) is 21.8. The first-order valence-corrected chi connectivity index (χ1v) is 9.57. The fourth-order valence-electron chi connectivity index (χ4n) is 3.56. The molecular weight excluding hydrogens is 376 g/mol. The van der Waals surface area contributed by atoms with Gasteiger partial charge in [-0.25, -0.2) is 0 Å². The molecule has 0 radical (unpaired) electrons. The summed E-state index contributed by atoms with van der Waals surface area (Å²) >= 11 is 0. The van der Waals surface area contributed by atoms with E-state index in [1.165, 1.54) is 12.1 Å². The Bertz CT molecular complexity index is 1180. The normalized spacial score (nSPS) is 10.9. The van der Waals surface area contributed by atoms with Crippen molar-refractivity contribution in [3.8, 4) is 11.5 Å². The topological polar surface area (TPSA) is 74.6 Å². The number of rotatable bonds is 4. The number of carbonyl (C=O) groups is 2. The van der Waals surface area contributed by atoms with E-state index < -0.39 is 0 Å². The molecule has 0 fully saturated rings. The Balaban J connectivity index is 1.92. The molecule has 2 N–H and O–H groups in total. The molecule has 4 heteroatoms. The lowest BCUT2D eigenvalue weighted by Crippen LogP contribution is -2.06. The molecule has 30 heavy (non-hydrogen) atoms. The summed E-state index contributed by atoms with van der Waals surface area (Å²) in [7, 11) is 0. The molecule has 4 aromatic carbocycles. The van der Waals surface area contributed by atoms with Crippen LogP contribution >= 0.6 is 0 Å². The number of aryl methyl sites for hydroxylation is 2. The van der Waals surface area contributed by atoms with Gasteiger partial charge in [-0.05, 0) is 48.9 Å². The number of hydrogen-bond acceptors (Lipinski definition) is 4. The summed E-state index contributed by atoms with van der Waals surface area (Å²) in [6.07, 6.45) is 0. The van der Waals surface area contributed by atoms with E-state index in [9.17, 15) is 19.8 Å². The van der Waals surface area contributed by atoms with E-state index in [0.29, 0.717) is 21.9 Å². The monoisotopic (exact) mass is 396 g/mol. The van der Waals surface area contributed by atoms with Gasteiger partial charge in [0.25, 0.3) is 0 Å². The maximum Gasteiger partial charge on any atom is 0.197 e. The molecule has 0 atom stereocenters. The quantitative estimate of drug-likeness (QED) is 0.457. The summed E-state index contributed by atoms with van der Waals surface area (Å²) in [5.41, 5.74) is 3.11. The standard InChI is InChI=1S/C26H20O4/c1-15-3-7-17(8-4-15)25(29)23-19-11-14-22(28)24(20(19)12-13-21(23)27)26(30)18-9-5-16(2)6-10-18/h3-14,27-28H,1-2H3. The molecule has 4 rings (SSSR count). The molecule has 4 nitrogen and oxygen atoms in total. The van der Waals surface area contributed by atoms with Crippen LogP contribution in [0.2, 0.25) is 0 Å². The molecule has 0 unspecified atom stereocenters. The Morgan fingerprint density at radius 3 is 1.20 bits per heavy atom. The Hall–Kier alpha value is -3.92. The first-order chi connectivity index (χ1) is 14.4. The molecule has 0 aliphatic heterocycles. The van der Waals surface area contributed by atoms with E-state index in [1.807, 2.05) is 38.1 Å². The van der Waals surface area contributed by atoms with Gasteiger partial charge in [0.15, 0.2) is 11.6 Å². The van der Waals surface area contributed by atoms with Crippen molar-refractivity contribution in [2.45, 2.75) is 13.8 Å². The predicted octanol–water partition coefficient (Wildman–Crippen LogP) is 5.33. The van der Waals surface area contributed by atoms with Crippen molar-refractivity contribution in [1.82, 2.24) is 0 Å². The lowest BCUT2D eigenvalue weighted by molar-refractivity contribution is 0.102. The summed E-state index contributed by atoms with van der Waals surface area (Å²) in [5.74, 6) is -1.05. The third-order valence-corrected chi connectivity index (χ3v) is 5.24. The number of benzene rings is 4. The highest BCUT2D eigenvalue weighted by Gasteiger charge is 2.23. The Morgan fingerprint density at radius 1 is 0.533 bits per heavy atom. The smallest absolute Gasteiger partial charge is 0.197 e. The number of phenolic OH excluding ortho intramolecular Hbond substituents is 2. The van der Waals surface area contributed by atoms with Crippen molar-refractivity contribution in [2.24, 2.45) is 0 Å². The lowest BCUT2D eigenvalue weighted by atomic mass is 9.90. The Labute approximate surface area is 174 Å². The highest BCUT2D eigenvalue weighted by Crippen LogP contribution is 2.36. The summed E-state index contributed by atoms with van der Waals surface area (Å²) in [6, 6.07) is 20.0. The average Bonchev–Trinajstić information content (AvgIpc) is 2.74. The first kappa shape index (κ1) is 19.4. The molecule has 0 saturated heterocycles. The zero-order valence-electron chi connectivity index (χ0n) is 16.6. The van der Waals surface area contributed by atoms with Gasteiger partial charge < -0.3 is 10.2 Å². The van der Waals surface area contributed by atoms with Crippen LogP contribution in [-0.2, 0) is 0 Å². The lowest BCUT2D eigenvalue weighted by Gasteiger charge is -2.13. The second kappa shape index (κ2) is 7.48. The van der Waals surface area contributed by atoms with Crippen molar-refractivity contribution < 1.29 is 19.8 Å². The van der Waals surface area contributed by atoms with Gasteiger partial charge in [-0.15, -0.1) is 0 Å². The second-order valence-electron chi connectivity index (χ2n) is 7.40. The number of aromatic hydroxyl groups is 2. The van der Waals surface area contributed by atoms with Crippen LogP contribution in [0.25, 0.3) is 10.8 Å². The van der Waals surface area contributed by atoms with Crippen LogP contribution in [0, 0.1) is 13.8 Å². The molecule has 0 aromatic heterocycles. The zero-order chi connectivity index (χ0) is 21.4. The molecule has 0 saturated carbocycles. The number of ketones is 2. The van der Waals surface area contributed by atoms with E-state index in [4.69, 9.17) is 0 Å². The molecular formula is C26H20O4. The third-order valence-electron chi connectivity index (χ3n) is 5.24. The summed E-state index contributed by atoms with van der Waals surface area (Å²) in [4.78, 5) is 26.3. The molecule has 0 aliphatic rings. The molecule has 0 heterocycles. The highest BCUT2D eigenvalue weighted by molar-refractivity contribution is 6.23. The Kier molecular flexibility index (Phi) is 4.84. The largest absolute Gasteiger partial charge is 0.507 e. The molecule has 0 spiro atoms. The van der Waals surface area contributed by atoms with E-state index in [1.54, 1.807) is 36.4 Å². The van der Waals surface area contributed by atoms with E-state index in [-0.39, 0.29) is 34.2 Å². The van der Waals surface area contributed by atoms with Crippen LogP contribution < -0.4 is 0 Å². The predicted molar refractivity (Wildman–Crippen MR) is 117 cm³/mol. The average molecular weight is 396 g/mol. The van der Waals surface area contributed by atoms with Crippen LogP contribution in [-0.4, -0.2) is 21.8 Å². The van der Waals surface area contributed by atoms with Gasteiger partial charge in [-0.2, -0.15) is 0 Å². The Morgan fingerprint density at radius 2 is 0.867 bits per heavy atom. The zero-order valence-corrected chi connectivity index (χ0v) is 16.6. The van der Waals surface area contributed by atoms with Crippen molar-refractivity contribution in [3.63, 3.8) is 0 Å². The van der Waals surface area contributed by atoms with E-state index in [0.717, 1.165) is 11.1 Å². The van der Waals surface area contributed by atoms with Gasteiger partial charge >= 0.3 is 0 Å². The van der Waals surface area contributed by atoms with Crippen LogP contribution in [0.4, 0.5) is 0 Å². The van der Waals surface area contributed by atoms with Gasteiger partial charge in [0.05, 0.1) is 11.1 Å². The van der Waals surface area contributed by atoms with E-state index in [2.05, 4.69) is 0 Å². The van der Waals surface area contributed by atoms with E-state index >= 15 is 0 Å². The maximum absolute atomic E-state index is 13.2. The molecule has 148 valence electrons. The number of fused-ring (bicyclic) bond motifs is 1. The van der Waals surface area contributed by atoms with Crippen LogP contribution in [0.15, 0.2) is 72.8 Å². The minimum atomic E-state index is -0.350. The molecule has 0 amide bonds. The van der Waals surface area contributed by atoms with Gasteiger partial charge in [0.1, 0.15) is 11.5 Å². The number of phenols is 2. The fourth-order valence-corrected chi connectivity index (χ4v) is 3.56. The molecule has 0 bridgehead atoms. The van der Waals surface area contributed by atoms with Crippen molar-refractivity contribution in [1.29, 1.82) is 0 Å². The highest BCUT2D eigenvalue weighted by atomic mass is 16.3. The third kappa shape index (κ3) is 3.33.